The van der Waals surface area contributed by atoms with Gasteiger partial charge >= 0.3 is 0 Å². The van der Waals surface area contributed by atoms with Gasteiger partial charge in [-0.1, -0.05) is 28.9 Å². The Morgan fingerprint density at radius 2 is 2.20 bits per heavy atom. The fourth-order valence-electron chi connectivity index (χ4n) is 1.45. The maximum absolute atomic E-state index is 9.05. The van der Waals surface area contributed by atoms with Crippen LogP contribution >= 0.6 is 15.9 Å². The fourth-order valence-corrected chi connectivity index (χ4v) is 1.93. The summed E-state index contributed by atoms with van der Waals surface area (Å²) in [7, 11) is 0. The molecule has 3 heteroatoms. The van der Waals surface area contributed by atoms with E-state index in [2.05, 4.69) is 47.2 Å². The lowest BCUT2D eigenvalue weighted by atomic mass is 10.1. The summed E-state index contributed by atoms with van der Waals surface area (Å²) in [6.07, 6.45) is 0.950. The molecule has 1 aromatic rings. The van der Waals surface area contributed by atoms with Crippen molar-refractivity contribution >= 4 is 15.9 Å². The quantitative estimate of drug-likeness (QED) is 0.863. The van der Waals surface area contributed by atoms with Crippen LogP contribution in [0.1, 0.15) is 24.5 Å². The van der Waals surface area contributed by atoms with Gasteiger partial charge in [0.25, 0.3) is 0 Å². The Hall–Kier alpha value is -0.380. The molecule has 0 amide bonds. The Bertz CT molecular complexity index is 310. The molecule has 0 aliphatic carbocycles. The molecule has 0 aromatic heterocycles. The van der Waals surface area contributed by atoms with E-state index in [4.69, 9.17) is 5.11 Å². The number of benzene rings is 1. The predicted molar refractivity (Wildman–Crippen MR) is 66.9 cm³/mol. The number of halogens is 1. The first-order valence-electron chi connectivity index (χ1n) is 5.26. The van der Waals surface area contributed by atoms with Gasteiger partial charge in [-0.25, -0.2) is 0 Å². The van der Waals surface area contributed by atoms with Crippen molar-refractivity contribution < 1.29 is 5.11 Å². The summed E-state index contributed by atoms with van der Waals surface area (Å²) in [4.78, 5) is 0. The van der Waals surface area contributed by atoms with Crippen molar-refractivity contribution in [3.05, 3.63) is 33.8 Å². The van der Waals surface area contributed by atoms with Crippen molar-refractivity contribution in [2.24, 2.45) is 0 Å². The molecule has 1 aromatic carbocycles. The van der Waals surface area contributed by atoms with Gasteiger partial charge in [-0.2, -0.15) is 0 Å². The first-order valence-corrected chi connectivity index (χ1v) is 6.06. The van der Waals surface area contributed by atoms with E-state index >= 15 is 0 Å². The molecule has 2 N–H and O–H groups in total. The molecule has 0 aliphatic heterocycles. The molecule has 1 atom stereocenters. The fraction of sp³-hybridized carbons (Fsp3) is 0.500. The second-order valence-electron chi connectivity index (χ2n) is 3.74. The summed E-state index contributed by atoms with van der Waals surface area (Å²) < 4.78 is 1.11. The van der Waals surface area contributed by atoms with Gasteiger partial charge in [-0.3, -0.25) is 0 Å². The zero-order valence-corrected chi connectivity index (χ0v) is 10.8. The average molecular weight is 272 g/mol. The van der Waals surface area contributed by atoms with Crippen LogP contribution in [0.4, 0.5) is 0 Å². The Morgan fingerprint density at radius 3 is 2.73 bits per heavy atom. The molecule has 1 rings (SSSR count). The van der Waals surface area contributed by atoms with E-state index in [1.54, 1.807) is 0 Å². The lowest BCUT2D eigenvalue weighted by Gasteiger charge is -2.15. The highest BCUT2D eigenvalue weighted by molar-refractivity contribution is 9.10. The van der Waals surface area contributed by atoms with Crippen LogP contribution in [0.15, 0.2) is 22.7 Å². The van der Waals surface area contributed by atoms with Crippen LogP contribution in [-0.4, -0.2) is 17.8 Å². The summed E-state index contributed by atoms with van der Waals surface area (Å²) in [6.45, 7) is 5.19. The molecule has 2 nitrogen and oxygen atoms in total. The SMILES string of the molecule is CC[C@H](CO)NCc1ccc(Br)cc1C. The largest absolute Gasteiger partial charge is 0.395 e. The van der Waals surface area contributed by atoms with Crippen molar-refractivity contribution in [2.75, 3.05) is 6.61 Å². The second-order valence-corrected chi connectivity index (χ2v) is 4.66. The van der Waals surface area contributed by atoms with E-state index < -0.39 is 0 Å². The van der Waals surface area contributed by atoms with Gasteiger partial charge in [0.1, 0.15) is 0 Å². The second kappa shape index (κ2) is 6.26. The molecule has 0 bridgehead atoms. The maximum atomic E-state index is 9.05. The number of aryl methyl sites for hydroxylation is 1. The molecular weight excluding hydrogens is 254 g/mol. The van der Waals surface area contributed by atoms with Crippen LogP contribution in [-0.2, 0) is 6.54 Å². The van der Waals surface area contributed by atoms with Crippen molar-refractivity contribution in [3.8, 4) is 0 Å². The van der Waals surface area contributed by atoms with Gasteiger partial charge in [0.2, 0.25) is 0 Å². The monoisotopic (exact) mass is 271 g/mol. The molecule has 84 valence electrons. The minimum Gasteiger partial charge on any atom is -0.395 e. The molecule has 0 unspecified atom stereocenters. The summed E-state index contributed by atoms with van der Waals surface area (Å²) in [6, 6.07) is 6.46. The standard InChI is InChI=1S/C12H18BrNO/c1-3-12(8-15)14-7-10-4-5-11(13)6-9(10)2/h4-6,12,14-15H,3,7-8H2,1-2H3/t12-/m1/s1. The van der Waals surface area contributed by atoms with Crippen LogP contribution in [0, 0.1) is 6.92 Å². The van der Waals surface area contributed by atoms with E-state index in [0.717, 1.165) is 17.4 Å². The van der Waals surface area contributed by atoms with E-state index in [1.807, 2.05) is 6.07 Å². The molecule has 0 radical (unpaired) electrons. The van der Waals surface area contributed by atoms with E-state index in [0.29, 0.717) is 0 Å². The van der Waals surface area contributed by atoms with Crippen LogP contribution in [0.3, 0.4) is 0 Å². The van der Waals surface area contributed by atoms with E-state index in [-0.39, 0.29) is 12.6 Å². The number of aliphatic hydroxyl groups excluding tert-OH is 1. The molecule has 0 aliphatic rings. The number of hydrogen-bond acceptors (Lipinski definition) is 2. The summed E-state index contributed by atoms with van der Waals surface area (Å²) in [5, 5.41) is 12.4. The normalized spacial score (nSPS) is 12.8. The zero-order valence-electron chi connectivity index (χ0n) is 9.26. The van der Waals surface area contributed by atoms with E-state index in [1.165, 1.54) is 11.1 Å². The Balaban J connectivity index is 2.57. The Morgan fingerprint density at radius 1 is 1.47 bits per heavy atom. The first-order chi connectivity index (χ1) is 7.17. The zero-order chi connectivity index (χ0) is 11.3. The van der Waals surface area contributed by atoms with Crippen LogP contribution in [0.2, 0.25) is 0 Å². The maximum Gasteiger partial charge on any atom is 0.0584 e. The number of nitrogens with one attached hydrogen (secondary N) is 1. The highest BCUT2D eigenvalue weighted by Crippen LogP contribution is 2.15. The lowest BCUT2D eigenvalue weighted by molar-refractivity contribution is 0.238. The van der Waals surface area contributed by atoms with Gasteiger partial charge in [0.05, 0.1) is 6.61 Å². The third-order valence-corrected chi connectivity index (χ3v) is 3.09. The third kappa shape index (κ3) is 3.93. The molecule has 15 heavy (non-hydrogen) atoms. The van der Waals surface area contributed by atoms with E-state index in [9.17, 15) is 0 Å². The number of rotatable bonds is 5. The Labute approximate surface area is 99.8 Å². The number of hydrogen-bond donors (Lipinski definition) is 2. The minimum absolute atomic E-state index is 0.200. The van der Waals surface area contributed by atoms with Gasteiger partial charge in [0, 0.05) is 17.1 Å². The van der Waals surface area contributed by atoms with Crippen molar-refractivity contribution in [3.63, 3.8) is 0 Å². The smallest absolute Gasteiger partial charge is 0.0584 e. The van der Waals surface area contributed by atoms with Crippen molar-refractivity contribution in [2.45, 2.75) is 32.9 Å². The molecule has 0 heterocycles. The van der Waals surface area contributed by atoms with Gasteiger partial charge in [-0.15, -0.1) is 0 Å². The van der Waals surface area contributed by atoms with Crippen LogP contribution in [0.25, 0.3) is 0 Å². The van der Waals surface area contributed by atoms with Crippen LogP contribution < -0.4 is 5.32 Å². The third-order valence-electron chi connectivity index (χ3n) is 2.60. The number of aliphatic hydroxyl groups is 1. The average Bonchev–Trinajstić information content (AvgIpc) is 2.22. The molecule has 0 fully saturated rings. The van der Waals surface area contributed by atoms with Crippen molar-refractivity contribution in [1.29, 1.82) is 0 Å². The first kappa shape index (κ1) is 12.7. The van der Waals surface area contributed by atoms with Gasteiger partial charge < -0.3 is 10.4 Å². The van der Waals surface area contributed by atoms with Crippen molar-refractivity contribution in [1.82, 2.24) is 5.32 Å². The summed E-state index contributed by atoms with van der Waals surface area (Å²) in [5.41, 5.74) is 2.55. The highest BCUT2D eigenvalue weighted by Gasteiger charge is 2.04. The van der Waals surface area contributed by atoms with Gasteiger partial charge in [-0.05, 0) is 36.6 Å². The molecule has 0 spiro atoms. The van der Waals surface area contributed by atoms with Crippen LogP contribution in [0.5, 0.6) is 0 Å². The minimum atomic E-state index is 0.200. The lowest BCUT2D eigenvalue weighted by Crippen LogP contribution is -2.31. The molecular formula is C12H18BrNO. The summed E-state index contributed by atoms with van der Waals surface area (Å²) >= 11 is 3.44. The topological polar surface area (TPSA) is 32.3 Å². The highest BCUT2D eigenvalue weighted by atomic mass is 79.9. The molecule has 0 saturated carbocycles. The molecule has 0 saturated heterocycles. The Kier molecular flexibility index (Phi) is 5.29. The predicted octanol–water partition coefficient (Wildman–Crippen LogP) is 2.62. The summed E-state index contributed by atoms with van der Waals surface area (Å²) in [5.74, 6) is 0. The van der Waals surface area contributed by atoms with Gasteiger partial charge in [0.15, 0.2) is 0 Å².